The van der Waals surface area contributed by atoms with E-state index < -0.39 is 30.8 Å². The highest BCUT2D eigenvalue weighted by molar-refractivity contribution is 7.54. The van der Waals surface area contributed by atoms with Gasteiger partial charge in [0.2, 0.25) is 0 Å². The van der Waals surface area contributed by atoms with Gasteiger partial charge in [-0.2, -0.15) is 8.78 Å². The summed E-state index contributed by atoms with van der Waals surface area (Å²) in [5, 5.41) is 2.94. The normalized spacial score (nSPS) is 13.2. The number of likely N-dealkylation sites (tertiary alicyclic amines) is 1. The number of carbonyl (C=O) groups excluding carboxylic acids is 3. The standard InChI is InChI=1S/C20H27F2N2O5P.C8H11N.C5H11N.C2H6.CH2O/c1-4-7-8-16(13-25)23-19(26)18-12-14-11-15(9-10-17(14)24-18)20(21,22)30(27,28-5-2)29-6-3;1-9(2)8-6-4-3-5-7-8;1-6-4-2-3-5-6;2*1-2/h9-13,16,24H,4-8H2,1-3H3,(H,23,26);3-7H,1-2H3;2-5H2,1H3;1-2H3;1H2/t16-;;;;/m0..../s1. The van der Waals surface area contributed by atoms with Crippen molar-refractivity contribution in [1.82, 2.24) is 15.2 Å². The number of rotatable bonds is 13. The van der Waals surface area contributed by atoms with E-state index in [-0.39, 0.29) is 18.9 Å². The molecule has 2 N–H and O–H groups in total. The zero-order valence-corrected chi connectivity index (χ0v) is 31.4. The van der Waals surface area contributed by atoms with Crippen LogP contribution in [0.15, 0.2) is 54.6 Å². The minimum absolute atomic E-state index is 0.131. The second-order valence-electron chi connectivity index (χ2n) is 11.0. The molecule has 10 nitrogen and oxygen atoms in total. The zero-order chi connectivity index (χ0) is 37.5. The SMILES string of the molecule is C=O.CC.CCCC[C@@H](C=O)NC(=O)c1cc2cc(C(F)(F)P(=O)(OCC)OCC)ccc2[nH]1.CN(C)c1ccccc1.CN1CCCC1. The molecule has 1 atom stereocenters. The van der Waals surface area contributed by atoms with Crippen molar-refractivity contribution in [2.45, 2.75) is 78.4 Å². The average molecular weight is 711 g/mol. The lowest BCUT2D eigenvalue weighted by atomic mass is 10.1. The fraction of sp³-hybridized carbons (Fsp3) is 0.528. The Morgan fingerprint density at radius 3 is 2.04 bits per heavy atom. The zero-order valence-electron chi connectivity index (χ0n) is 30.5. The first kappa shape index (κ1) is 45.6. The number of hydrogen-bond acceptors (Lipinski definition) is 8. The van der Waals surface area contributed by atoms with Gasteiger partial charge in [-0.05, 0) is 83.6 Å². The Balaban J connectivity index is 0.000000979. The number of carbonyl (C=O) groups is 3. The number of H-pyrrole nitrogens is 1. The van der Waals surface area contributed by atoms with E-state index in [2.05, 4.69) is 39.3 Å². The molecule has 1 amide bonds. The summed E-state index contributed by atoms with van der Waals surface area (Å²) in [6, 6.07) is 14.7. The lowest BCUT2D eigenvalue weighted by Crippen LogP contribution is -2.36. The minimum atomic E-state index is -4.73. The highest BCUT2D eigenvalue weighted by atomic mass is 31.2. The Bertz CT molecular complexity index is 1370. The molecular weight excluding hydrogens is 653 g/mol. The van der Waals surface area contributed by atoms with Gasteiger partial charge in [0.25, 0.3) is 5.91 Å². The lowest BCUT2D eigenvalue weighted by Gasteiger charge is -2.26. The Hall–Kier alpha value is -3.44. The van der Waals surface area contributed by atoms with E-state index in [9.17, 15) is 22.9 Å². The van der Waals surface area contributed by atoms with Crippen molar-refractivity contribution >= 4 is 43.2 Å². The molecule has 1 aliphatic heterocycles. The third-order valence-electron chi connectivity index (χ3n) is 7.11. The Kier molecular flexibility index (Phi) is 22.9. The lowest BCUT2D eigenvalue weighted by molar-refractivity contribution is -0.109. The van der Waals surface area contributed by atoms with Crippen LogP contribution < -0.4 is 10.2 Å². The fourth-order valence-corrected chi connectivity index (χ4v) is 6.12. The number of hydrogen-bond donors (Lipinski definition) is 2. The highest BCUT2D eigenvalue weighted by Crippen LogP contribution is 2.66. The topological polar surface area (TPSA) is 121 Å². The van der Waals surface area contributed by atoms with Crippen LogP contribution in [-0.2, 0) is 28.9 Å². The molecule has 3 aromatic rings. The van der Waals surface area contributed by atoms with Crippen molar-refractivity contribution in [2.75, 3.05) is 52.3 Å². The summed E-state index contributed by atoms with van der Waals surface area (Å²) < 4.78 is 52.2. The number of benzene rings is 2. The third-order valence-corrected chi connectivity index (χ3v) is 9.25. The van der Waals surface area contributed by atoms with Gasteiger partial charge in [-0.15, -0.1) is 0 Å². The third kappa shape index (κ3) is 14.9. The smallest absolute Gasteiger partial charge is 0.378 e. The molecule has 0 bridgehead atoms. The second-order valence-corrected chi connectivity index (χ2v) is 13.0. The van der Waals surface area contributed by atoms with E-state index in [0.717, 1.165) is 25.0 Å². The van der Waals surface area contributed by atoms with Crippen LogP contribution in [0.25, 0.3) is 10.9 Å². The number of amides is 1. The van der Waals surface area contributed by atoms with Crippen LogP contribution in [0, 0.1) is 0 Å². The predicted molar refractivity (Wildman–Crippen MR) is 196 cm³/mol. The van der Waals surface area contributed by atoms with Crippen LogP contribution in [-0.4, -0.2) is 82.4 Å². The van der Waals surface area contributed by atoms with Gasteiger partial charge in [-0.3, -0.25) is 9.36 Å². The number of unbranched alkanes of at least 4 members (excludes halogenated alkanes) is 1. The molecule has 1 aromatic heterocycles. The molecule has 0 spiro atoms. The number of nitrogens with zero attached hydrogens (tertiary/aromatic N) is 2. The van der Waals surface area contributed by atoms with E-state index in [4.69, 9.17) is 13.8 Å². The molecule has 0 saturated carbocycles. The maximum atomic E-state index is 15.0. The molecule has 0 aliphatic carbocycles. The Morgan fingerprint density at radius 2 is 1.61 bits per heavy atom. The highest BCUT2D eigenvalue weighted by Gasteiger charge is 2.54. The molecular formula is C36H57F2N4O6P. The van der Waals surface area contributed by atoms with Gasteiger partial charge in [0, 0.05) is 36.2 Å². The van der Waals surface area contributed by atoms with Gasteiger partial charge in [0.05, 0.1) is 19.3 Å². The second kappa shape index (κ2) is 24.7. The minimum Gasteiger partial charge on any atom is -0.378 e. The summed E-state index contributed by atoms with van der Waals surface area (Å²) in [7, 11) is 1.52. The fourth-order valence-electron chi connectivity index (χ4n) is 4.59. The average Bonchev–Trinajstić information content (AvgIpc) is 3.78. The number of halogens is 2. The molecule has 0 unspecified atom stereocenters. The van der Waals surface area contributed by atoms with Gasteiger partial charge in [0.1, 0.15) is 18.8 Å². The van der Waals surface area contributed by atoms with Gasteiger partial charge in [-0.25, -0.2) is 0 Å². The van der Waals surface area contributed by atoms with Gasteiger partial charge in [-0.1, -0.05) is 57.9 Å². The van der Waals surface area contributed by atoms with Crippen LogP contribution in [0.1, 0.15) is 82.8 Å². The van der Waals surface area contributed by atoms with Gasteiger partial charge >= 0.3 is 13.3 Å². The summed E-state index contributed by atoms with van der Waals surface area (Å²) in [6.07, 6.45) is 5.69. The van der Waals surface area contributed by atoms with E-state index >= 15 is 0 Å². The summed E-state index contributed by atoms with van der Waals surface area (Å²) in [5.74, 6) is -0.512. The van der Waals surface area contributed by atoms with Crippen LogP contribution in [0.2, 0.25) is 0 Å². The Morgan fingerprint density at radius 1 is 1.04 bits per heavy atom. The maximum absolute atomic E-state index is 15.0. The van der Waals surface area contributed by atoms with Crippen LogP contribution in [0.5, 0.6) is 0 Å². The van der Waals surface area contributed by atoms with Crippen molar-refractivity contribution in [3.05, 3.63) is 65.9 Å². The monoisotopic (exact) mass is 710 g/mol. The van der Waals surface area contributed by atoms with Crippen LogP contribution in [0.4, 0.5) is 14.5 Å². The van der Waals surface area contributed by atoms with Crippen molar-refractivity contribution in [1.29, 1.82) is 0 Å². The van der Waals surface area contributed by atoms with E-state index in [1.807, 2.05) is 59.9 Å². The van der Waals surface area contributed by atoms with Crippen molar-refractivity contribution in [3.8, 4) is 0 Å². The first-order chi connectivity index (χ1) is 23.4. The molecule has 276 valence electrons. The number of nitrogens with one attached hydrogen (secondary N) is 2. The molecule has 2 aromatic carbocycles. The molecule has 2 heterocycles. The molecule has 0 radical (unpaired) electrons. The number of para-hydroxylation sites is 1. The van der Waals surface area contributed by atoms with Crippen LogP contribution in [0.3, 0.4) is 0 Å². The summed E-state index contributed by atoms with van der Waals surface area (Å²) >= 11 is 0. The first-order valence-electron chi connectivity index (χ1n) is 16.8. The quantitative estimate of drug-likeness (QED) is 0.134. The summed E-state index contributed by atoms with van der Waals surface area (Å²) in [5.41, 5.74) is -2.59. The van der Waals surface area contributed by atoms with Crippen molar-refractivity contribution in [2.24, 2.45) is 0 Å². The number of aldehydes is 1. The molecule has 49 heavy (non-hydrogen) atoms. The van der Waals surface area contributed by atoms with E-state index in [1.54, 1.807) is 0 Å². The van der Waals surface area contributed by atoms with Crippen molar-refractivity contribution < 1.29 is 36.8 Å². The first-order valence-corrected chi connectivity index (χ1v) is 18.3. The van der Waals surface area contributed by atoms with Crippen LogP contribution >= 0.6 is 7.60 Å². The van der Waals surface area contributed by atoms with E-state index in [0.29, 0.717) is 23.6 Å². The summed E-state index contributed by atoms with van der Waals surface area (Å²) in [4.78, 5) is 38.9. The molecule has 4 rings (SSSR count). The molecule has 1 fully saturated rings. The number of alkyl halides is 2. The van der Waals surface area contributed by atoms with E-state index in [1.165, 1.54) is 57.6 Å². The summed E-state index contributed by atoms with van der Waals surface area (Å²) in [6.45, 7) is 13.1. The van der Waals surface area contributed by atoms with Gasteiger partial charge in [0.15, 0.2) is 0 Å². The van der Waals surface area contributed by atoms with Gasteiger partial charge < -0.3 is 38.7 Å². The molecule has 1 saturated heterocycles. The number of aromatic amines is 1. The largest absolute Gasteiger partial charge is 0.404 e. The van der Waals surface area contributed by atoms with Crippen molar-refractivity contribution in [3.63, 3.8) is 0 Å². The molecule has 1 aliphatic rings. The number of anilines is 1. The maximum Gasteiger partial charge on any atom is 0.404 e. The number of fused-ring (bicyclic) bond motifs is 1. The number of aromatic nitrogens is 1. The Labute approximate surface area is 291 Å². The predicted octanol–water partition coefficient (Wildman–Crippen LogP) is 8.28. The molecule has 13 heteroatoms.